The fourth-order valence-corrected chi connectivity index (χ4v) is 1.65. The summed E-state index contributed by atoms with van der Waals surface area (Å²) in [6, 6.07) is 3.49. The molecular weight excluding hydrogens is 180 g/mol. The van der Waals surface area contributed by atoms with Gasteiger partial charge in [0.05, 0.1) is 12.6 Å². The van der Waals surface area contributed by atoms with E-state index < -0.39 is 0 Å². The molecule has 1 atom stereocenters. The maximum atomic E-state index is 5.85. The van der Waals surface area contributed by atoms with Gasteiger partial charge in [-0.05, 0) is 19.1 Å². The summed E-state index contributed by atoms with van der Waals surface area (Å²) in [5.41, 5.74) is 13.2. The average Bonchev–Trinajstić information content (AvgIpc) is 2.54. The molecule has 0 aromatic heterocycles. The highest BCUT2D eigenvalue weighted by Crippen LogP contribution is 2.42. The Morgan fingerprint density at radius 2 is 2.36 bits per heavy atom. The molecular formula is C10H14N2O2. The van der Waals surface area contributed by atoms with Crippen LogP contribution < -0.4 is 20.9 Å². The van der Waals surface area contributed by atoms with E-state index in [1.807, 2.05) is 13.0 Å². The number of fused-ring (bicyclic) bond motifs is 1. The van der Waals surface area contributed by atoms with Gasteiger partial charge in [0.25, 0.3) is 0 Å². The molecule has 1 aromatic rings. The van der Waals surface area contributed by atoms with Crippen LogP contribution in [0.25, 0.3) is 0 Å². The SMILES string of the molecule is CCOc1ccc(N)c2c1OC[C@H]2N. The summed E-state index contributed by atoms with van der Waals surface area (Å²) in [5, 5.41) is 0. The minimum Gasteiger partial charge on any atom is -0.490 e. The molecule has 4 N–H and O–H groups in total. The highest BCUT2D eigenvalue weighted by atomic mass is 16.5. The van der Waals surface area contributed by atoms with Crippen LogP contribution in [0.15, 0.2) is 12.1 Å². The van der Waals surface area contributed by atoms with Gasteiger partial charge in [-0.25, -0.2) is 0 Å². The third-order valence-electron chi connectivity index (χ3n) is 2.27. The van der Waals surface area contributed by atoms with Crippen LogP contribution in [0.4, 0.5) is 5.69 Å². The van der Waals surface area contributed by atoms with Crippen molar-refractivity contribution in [2.24, 2.45) is 5.73 Å². The molecule has 0 saturated heterocycles. The Balaban J connectivity index is 2.47. The molecule has 0 unspecified atom stereocenters. The zero-order valence-electron chi connectivity index (χ0n) is 8.12. The van der Waals surface area contributed by atoms with E-state index in [1.165, 1.54) is 0 Å². The second kappa shape index (κ2) is 3.38. The molecule has 0 spiro atoms. The van der Waals surface area contributed by atoms with Crippen molar-refractivity contribution in [1.82, 2.24) is 0 Å². The first-order chi connectivity index (χ1) is 6.74. The molecule has 0 aliphatic carbocycles. The minimum atomic E-state index is -0.134. The topological polar surface area (TPSA) is 70.5 Å². The number of ether oxygens (including phenoxy) is 2. The van der Waals surface area contributed by atoms with Gasteiger partial charge in [0.2, 0.25) is 0 Å². The zero-order chi connectivity index (χ0) is 10.1. The lowest BCUT2D eigenvalue weighted by Crippen LogP contribution is -2.12. The molecule has 0 bridgehead atoms. The molecule has 1 heterocycles. The molecule has 0 saturated carbocycles. The van der Waals surface area contributed by atoms with E-state index in [1.54, 1.807) is 6.07 Å². The van der Waals surface area contributed by atoms with Gasteiger partial charge in [-0.3, -0.25) is 0 Å². The lowest BCUT2D eigenvalue weighted by atomic mass is 10.1. The highest BCUT2D eigenvalue weighted by Gasteiger charge is 2.26. The van der Waals surface area contributed by atoms with Crippen molar-refractivity contribution in [2.75, 3.05) is 18.9 Å². The Labute approximate surface area is 82.8 Å². The molecule has 2 rings (SSSR count). The van der Waals surface area contributed by atoms with Crippen LogP contribution in [0.3, 0.4) is 0 Å². The Morgan fingerprint density at radius 1 is 1.57 bits per heavy atom. The first-order valence-electron chi connectivity index (χ1n) is 4.67. The molecule has 1 aromatic carbocycles. The van der Waals surface area contributed by atoms with E-state index in [9.17, 15) is 0 Å². The van der Waals surface area contributed by atoms with E-state index in [2.05, 4.69) is 0 Å². The van der Waals surface area contributed by atoms with Crippen molar-refractivity contribution in [1.29, 1.82) is 0 Å². The normalized spacial score (nSPS) is 18.9. The number of nitrogen functional groups attached to an aromatic ring is 1. The summed E-state index contributed by atoms with van der Waals surface area (Å²) in [6.07, 6.45) is 0. The molecule has 1 aliphatic heterocycles. The fourth-order valence-electron chi connectivity index (χ4n) is 1.65. The Hall–Kier alpha value is -1.42. The first-order valence-corrected chi connectivity index (χ1v) is 4.67. The van der Waals surface area contributed by atoms with E-state index in [0.29, 0.717) is 24.7 Å². The summed E-state index contributed by atoms with van der Waals surface area (Å²) in [6.45, 7) is 3.01. The van der Waals surface area contributed by atoms with Gasteiger partial charge in [0, 0.05) is 11.3 Å². The van der Waals surface area contributed by atoms with Crippen LogP contribution >= 0.6 is 0 Å². The van der Waals surface area contributed by atoms with Crippen LogP contribution in [0, 0.1) is 0 Å². The molecule has 0 amide bonds. The van der Waals surface area contributed by atoms with E-state index >= 15 is 0 Å². The van der Waals surface area contributed by atoms with Crippen LogP contribution in [-0.4, -0.2) is 13.2 Å². The van der Waals surface area contributed by atoms with Crippen molar-refractivity contribution in [3.63, 3.8) is 0 Å². The summed E-state index contributed by atoms with van der Waals surface area (Å²) >= 11 is 0. The van der Waals surface area contributed by atoms with Gasteiger partial charge in [0.1, 0.15) is 6.61 Å². The van der Waals surface area contributed by atoms with Gasteiger partial charge in [-0.2, -0.15) is 0 Å². The summed E-state index contributed by atoms with van der Waals surface area (Å²) in [4.78, 5) is 0. The zero-order valence-corrected chi connectivity index (χ0v) is 8.12. The van der Waals surface area contributed by atoms with Crippen LogP contribution in [0.2, 0.25) is 0 Å². The van der Waals surface area contributed by atoms with Crippen LogP contribution in [0.1, 0.15) is 18.5 Å². The van der Waals surface area contributed by atoms with Crippen LogP contribution in [0.5, 0.6) is 11.5 Å². The van der Waals surface area contributed by atoms with Crippen molar-refractivity contribution >= 4 is 5.69 Å². The van der Waals surface area contributed by atoms with Gasteiger partial charge < -0.3 is 20.9 Å². The highest BCUT2D eigenvalue weighted by molar-refractivity contribution is 5.63. The number of benzene rings is 1. The Kier molecular flexibility index (Phi) is 2.21. The number of anilines is 1. The maximum absolute atomic E-state index is 5.85. The lowest BCUT2D eigenvalue weighted by Gasteiger charge is -2.10. The Bertz CT molecular complexity index is 352. The molecule has 0 fully saturated rings. The number of nitrogens with two attached hydrogens (primary N) is 2. The molecule has 4 heteroatoms. The first kappa shape index (κ1) is 9.15. The second-order valence-electron chi connectivity index (χ2n) is 3.25. The van der Waals surface area contributed by atoms with Crippen molar-refractivity contribution < 1.29 is 9.47 Å². The molecule has 76 valence electrons. The van der Waals surface area contributed by atoms with Gasteiger partial charge in [-0.15, -0.1) is 0 Å². The Morgan fingerprint density at radius 3 is 3.07 bits per heavy atom. The molecule has 1 aliphatic rings. The summed E-state index contributed by atoms with van der Waals surface area (Å²) in [5.74, 6) is 1.43. The maximum Gasteiger partial charge on any atom is 0.168 e. The number of rotatable bonds is 2. The summed E-state index contributed by atoms with van der Waals surface area (Å²) in [7, 11) is 0. The van der Waals surface area contributed by atoms with Crippen molar-refractivity contribution in [3.05, 3.63) is 17.7 Å². The average molecular weight is 194 g/mol. The third kappa shape index (κ3) is 1.28. The predicted molar refractivity (Wildman–Crippen MR) is 54.4 cm³/mol. The standard InChI is InChI=1S/C10H14N2O2/c1-2-13-8-4-3-6(11)9-7(12)5-14-10(8)9/h3-4,7H,2,5,11-12H2,1H3/t7-/m1/s1. The van der Waals surface area contributed by atoms with Crippen LogP contribution in [-0.2, 0) is 0 Å². The van der Waals surface area contributed by atoms with E-state index in [0.717, 1.165) is 11.3 Å². The van der Waals surface area contributed by atoms with Crippen molar-refractivity contribution in [2.45, 2.75) is 13.0 Å². The third-order valence-corrected chi connectivity index (χ3v) is 2.27. The van der Waals surface area contributed by atoms with Crippen molar-refractivity contribution in [3.8, 4) is 11.5 Å². The van der Waals surface area contributed by atoms with Gasteiger partial charge in [0.15, 0.2) is 11.5 Å². The molecule has 14 heavy (non-hydrogen) atoms. The largest absolute Gasteiger partial charge is 0.490 e. The smallest absolute Gasteiger partial charge is 0.168 e. The summed E-state index contributed by atoms with van der Waals surface area (Å²) < 4.78 is 10.9. The monoisotopic (exact) mass is 194 g/mol. The lowest BCUT2D eigenvalue weighted by molar-refractivity contribution is 0.290. The fraction of sp³-hybridized carbons (Fsp3) is 0.400. The quantitative estimate of drug-likeness (QED) is 0.690. The van der Waals surface area contributed by atoms with E-state index in [4.69, 9.17) is 20.9 Å². The van der Waals surface area contributed by atoms with Gasteiger partial charge >= 0.3 is 0 Å². The predicted octanol–water partition coefficient (Wildman–Crippen LogP) is 1.06. The number of hydrogen-bond acceptors (Lipinski definition) is 4. The van der Waals surface area contributed by atoms with E-state index in [-0.39, 0.29) is 6.04 Å². The molecule has 4 nitrogen and oxygen atoms in total. The number of hydrogen-bond donors (Lipinski definition) is 2. The van der Waals surface area contributed by atoms with Gasteiger partial charge in [-0.1, -0.05) is 0 Å². The molecule has 0 radical (unpaired) electrons. The second-order valence-corrected chi connectivity index (χ2v) is 3.25. The minimum absolute atomic E-state index is 0.134.